The summed E-state index contributed by atoms with van der Waals surface area (Å²) in [6, 6.07) is 1.80. The number of halogens is 2. The van der Waals surface area contributed by atoms with Crippen LogP contribution in [0.5, 0.6) is 5.75 Å². The van der Waals surface area contributed by atoms with E-state index >= 15 is 0 Å². The Labute approximate surface area is 172 Å². The fourth-order valence-corrected chi connectivity index (χ4v) is 4.59. The van der Waals surface area contributed by atoms with Crippen LogP contribution in [0.15, 0.2) is 18.3 Å². The summed E-state index contributed by atoms with van der Waals surface area (Å²) in [5, 5.41) is 3.08. The summed E-state index contributed by atoms with van der Waals surface area (Å²) >= 11 is 5.28. The lowest BCUT2D eigenvalue weighted by molar-refractivity contribution is 0.405. The summed E-state index contributed by atoms with van der Waals surface area (Å²) in [6.45, 7) is 1.11. The van der Waals surface area contributed by atoms with Crippen LogP contribution in [-0.2, 0) is 10.0 Å². The van der Waals surface area contributed by atoms with Gasteiger partial charge in [-0.3, -0.25) is 0 Å². The lowest BCUT2D eigenvalue weighted by atomic mass is 10.0. The maximum absolute atomic E-state index is 14.4. The molecule has 3 rings (SSSR count). The summed E-state index contributed by atoms with van der Waals surface area (Å²) in [6.07, 6.45) is 2.84. The van der Waals surface area contributed by atoms with E-state index < -0.39 is 21.7 Å². The van der Waals surface area contributed by atoms with Crippen LogP contribution < -0.4 is 20.1 Å². The largest absolute Gasteiger partial charge is 0.496 e. The number of nitrogen functional groups attached to an aromatic ring is 1. The number of ether oxygens (including phenoxy) is 1. The minimum atomic E-state index is -3.68. The Hall–Kier alpha value is -2.44. The average molecular weight is 444 g/mol. The zero-order valence-electron chi connectivity index (χ0n) is 15.6. The molecule has 0 amide bonds. The fourth-order valence-electron chi connectivity index (χ4n) is 3.14. The van der Waals surface area contributed by atoms with E-state index in [1.807, 2.05) is 0 Å². The average Bonchev–Trinajstić information content (AvgIpc) is 3.16. The van der Waals surface area contributed by atoms with Gasteiger partial charge in [-0.1, -0.05) is 12.2 Å². The zero-order valence-corrected chi connectivity index (χ0v) is 17.3. The van der Waals surface area contributed by atoms with Crippen molar-refractivity contribution >= 4 is 38.9 Å². The Morgan fingerprint density at radius 3 is 2.69 bits per heavy atom. The molecule has 2 heterocycles. The molecule has 29 heavy (non-hydrogen) atoms. The molecule has 1 aliphatic rings. The first-order chi connectivity index (χ1) is 13.6. The fraction of sp³-hybridized carbons (Fsp3) is 0.353. The van der Waals surface area contributed by atoms with Crippen molar-refractivity contribution in [3.63, 3.8) is 0 Å². The SMILES string of the molecule is COc1ccc(F)c(F)c1C(=S)c1cnc(N(C2CCNC2)S(C)(=O)=O)nc1N. The van der Waals surface area contributed by atoms with E-state index in [2.05, 4.69) is 15.3 Å². The van der Waals surface area contributed by atoms with E-state index in [-0.39, 0.29) is 39.5 Å². The molecule has 0 spiro atoms. The number of rotatable bonds is 6. The number of hydrogen-bond acceptors (Lipinski definition) is 8. The van der Waals surface area contributed by atoms with E-state index in [9.17, 15) is 17.2 Å². The van der Waals surface area contributed by atoms with Gasteiger partial charge in [-0.15, -0.1) is 0 Å². The number of sulfonamides is 1. The number of thiocarbonyl (C=S) groups is 1. The first-order valence-corrected chi connectivity index (χ1v) is 10.8. The normalized spacial score (nSPS) is 16.6. The topological polar surface area (TPSA) is 110 Å². The predicted octanol–water partition coefficient (Wildman–Crippen LogP) is 1.24. The molecule has 1 aromatic heterocycles. The van der Waals surface area contributed by atoms with Gasteiger partial charge in [-0.25, -0.2) is 26.5 Å². The number of hydrogen-bond donors (Lipinski definition) is 2. The van der Waals surface area contributed by atoms with Gasteiger partial charge in [0.15, 0.2) is 11.6 Å². The molecule has 0 saturated carbocycles. The maximum atomic E-state index is 14.4. The molecule has 2 aromatic rings. The highest BCUT2D eigenvalue weighted by Crippen LogP contribution is 2.29. The highest BCUT2D eigenvalue weighted by atomic mass is 32.2. The second-order valence-corrected chi connectivity index (χ2v) is 8.71. The number of anilines is 2. The van der Waals surface area contributed by atoms with Gasteiger partial charge >= 0.3 is 0 Å². The van der Waals surface area contributed by atoms with E-state index in [1.165, 1.54) is 19.4 Å². The smallest absolute Gasteiger partial charge is 0.241 e. The standard InChI is InChI=1S/C17H19F2N5O3S2/c1-27-12-4-3-11(18)14(19)13(12)15(28)10-8-22-17(23-16(10)20)24(29(2,25)26)9-5-6-21-7-9/h3-4,8-9,21H,5-7H2,1-2H3,(H2,20,22,23). The highest BCUT2D eigenvalue weighted by molar-refractivity contribution is 7.92. The van der Waals surface area contributed by atoms with Gasteiger partial charge in [0.25, 0.3) is 0 Å². The molecule has 0 bridgehead atoms. The number of nitrogens with two attached hydrogens (primary N) is 1. The summed E-state index contributed by atoms with van der Waals surface area (Å²) in [5.74, 6) is -2.54. The van der Waals surface area contributed by atoms with Crippen molar-refractivity contribution in [3.05, 3.63) is 41.1 Å². The van der Waals surface area contributed by atoms with Crippen LogP contribution >= 0.6 is 12.2 Å². The molecule has 3 N–H and O–H groups in total. The van der Waals surface area contributed by atoms with Crippen molar-refractivity contribution < 1.29 is 21.9 Å². The second kappa shape index (κ2) is 8.13. The molecular formula is C17H19F2N5O3S2. The lowest BCUT2D eigenvalue weighted by Gasteiger charge is -2.26. The van der Waals surface area contributed by atoms with Crippen LogP contribution in [0.25, 0.3) is 0 Å². The molecule has 0 aliphatic carbocycles. The molecule has 1 unspecified atom stereocenters. The number of benzene rings is 1. The molecule has 156 valence electrons. The summed E-state index contributed by atoms with van der Waals surface area (Å²) in [5.41, 5.74) is 5.76. The van der Waals surface area contributed by atoms with Crippen LogP contribution in [0.3, 0.4) is 0 Å². The van der Waals surface area contributed by atoms with Gasteiger partial charge in [0.2, 0.25) is 16.0 Å². The van der Waals surface area contributed by atoms with Crippen LogP contribution in [0, 0.1) is 11.6 Å². The van der Waals surface area contributed by atoms with Crippen LogP contribution in [0.4, 0.5) is 20.5 Å². The molecule has 8 nitrogen and oxygen atoms in total. The molecule has 1 aromatic carbocycles. The molecular weight excluding hydrogens is 424 g/mol. The Bertz CT molecular complexity index is 1060. The van der Waals surface area contributed by atoms with Gasteiger partial charge in [-0.05, 0) is 25.1 Å². The lowest BCUT2D eigenvalue weighted by Crippen LogP contribution is -2.42. The summed E-state index contributed by atoms with van der Waals surface area (Å²) in [7, 11) is -2.38. The Kier molecular flexibility index (Phi) is 5.96. The van der Waals surface area contributed by atoms with Crippen molar-refractivity contribution in [1.29, 1.82) is 0 Å². The van der Waals surface area contributed by atoms with Crippen molar-refractivity contribution in [3.8, 4) is 5.75 Å². The molecule has 1 atom stereocenters. The summed E-state index contributed by atoms with van der Waals surface area (Å²) in [4.78, 5) is 8.01. The van der Waals surface area contributed by atoms with Crippen LogP contribution in [0.1, 0.15) is 17.5 Å². The minimum Gasteiger partial charge on any atom is -0.496 e. The van der Waals surface area contributed by atoms with Crippen molar-refractivity contribution in [2.75, 3.05) is 36.5 Å². The van der Waals surface area contributed by atoms with E-state index in [1.54, 1.807) is 0 Å². The van der Waals surface area contributed by atoms with Crippen LogP contribution in [0.2, 0.25) is 0 Å². The number of nitrogens with one attached hydrogen (secondary N) is 1. The third-order valence-electron chi connectivity index (χ3n) is 4.47. The Morgan fingerprint density at radius 2 is 2.14 bits per heavy atom. The zero-order chi connectivity index (χ0) is 21.3. The van der Waals surface area contributed by atoms with Gasteiger partial charge in [0.1, 0.15) is 11.6 Å². The van der Waals surface area contributed by atoms with E-state index in [0.29, 0.717) is 19.5 Å². The number of nitrogens with zero attached hydrogens (tertiary/aromatic N) is 3. The van der Waals surface area contributed by atoms with Gasteiger partial charge in [-0.2, -0.15) is 4.98 Å². The molecule has 1 fully saturated rings. The van der Waals surface area contributed by atoms with Crippen LogP contribution in [-0.4, -0.2) is 55.7 Å². The molecule has 1 saturated heterocycles. The van der Waals surface area contributed by atoms with Crippen molar-refractivity contribution in [1.82, 2.24) is 15.3 Å². The molecule has 0 radical (unpaired) electrons. The number of aromatic nitrogens is 2. The first-order valence-electron chi connectivity index (χ1n) is 8.54. The third kappa shape index (κ3) is 4.14. The Balaban J connectivity index is 2.04. The first kappa shape index (κ1) is 21.3. The van der Waals surface area contributed by atoms with E-state index in [4.69, 9.17) is 22.7 Å². The maximum Gasteiger partial charge on any atom is 0.241 e. The van der Waals surface area contributed by atoms with Crippen molar-refractivity contribution in [2.24, 2.45) is 0 Å². The quantitative estimate of drug-likeness (QED) is 0.507. The minimum absolute atomic E-state index is 0.0205. The summed E-state index contributed by atoms with van der Waals surface area (Å²) < 4.78 is 58.8. The number of methoxy groups -OCH3 is 1. The third-order valence-corrected chi connectivity index (χ3v) is 6.07. The van der Waals surface area contributed by atoms with Gasteiger partial charge < -0.3 is 15.8 Å². The monoisotopic (exact) mass is 443 g/mol. The van der Waals surface area contributed by atoms with Crippen molar-refractivity contribution in [2.45, 2.75) is 12.5 Å². The predicted molar refractivity (Wildman–Crippen MR) is 109 cm³/mol. The van der Waals surface area contributed by atoms with E-state index in [0.717, 1.165) is 16.6 Å². The second-order valence-electron chi connectivity index (χ2n) is 6.44. The highest BCUT2D eigenvalue weighted by Gasteiger charge is 2.32. The molecule has 12 heteroatoms. The van der Waals surface area contributed by atoms with Gasteiger partial charge in [0.05, 0.1) is 35.4 Å². The molecule has 1 aliphatic heterocycles. The Morgan fingerprint density at radius 1 is 1.41 bits per heavy atom. The van der Waals surface area contributed by atoms with Gasteiger partial charge in [0, 0.05) is 12.7 Å².